The van der Waals surface area contributed by atoms with Gasteiger partial charge >= 0.3 is 5.97 Å². The number of carbonyl (C=O) groups excluding carboxylic acids is 1. The van der Waals surface area contributed by atoms with Crippen LogP contribution < -0.4 is 5.73 Å². The standard InChI is InChI=1S/C15H21NO3/c1-11(12-4-6-13(16)7-5-12)9-15(17)19-10-14-3-2-8-18-14/h4-7,11,14H,2-3,8-10,16H2,1H3. The SMILES string of the molecule is CC(CC(=O)OCC1CCCO1)c1ccc(N)cc1. The minimum Gasteiger partial charge on any atom is -0.463 e. The van der Waals surface area contributed by atoms with Gasteiger partial charge in [-0.2, -0.15) is 0 Å². The minimum absolute atomic E-state index is 0.0933. The van der Waals surface area contributed by atoms with Crippen molar-refractivity contribution in [2.75, 3.05) is 18.9 Å². The van der Waals surface area contributed by atoms with Gasteiger partial charge in [-0.25, -0.2) is 0 Å². The minimum atomic E-state index is -0.167. The number of hydrogen-bond donors (Lipinski definition) is 1. The van der Waals surface area contributed by atoms with E-state index in [0.717, 1.165) is 30.7 Å². The lowest BCUT2D eigenvalue weighted by molar-refractivity contribution is -0.147. The molecule has 1 heterocycles. The Kier molecular flexibility index (Phi) is 4.80. The molecule has 104 valence electrons. The van der Waals surface area contributed by atoms with Crippen molar-refractivity contribution in [1.82, 2.24) is 0 Å². The van der Waals surface area contributed by atoms with E-state index in [1.54, 1.807) is 0 Å². The van der Waals surface area contributed by atoms with Gasteiger partial charge in [0.2, 0.25) is 0 Å². The number of anilines is 1. The lowest BCUT2D eigenvalue weighted by Gasteiger charge is -2.13. The first-order chi connectivity index (χ1) is 9.15. The Morgan fingerprint density at radius 3 is 2.84 bits per heavy atom. The lowest BCUT2D eigenvalue weighted by Crippen LogP contribution is -2.18. The molecule has 19 heavy (non-hydrogen) atoms. The number of ether oxygens (including phenoxy) is 2. The van der Waals surface area contributed by atoms with Gasteiger partial charge in [0.25, 0.3) is 0 Å². The molecule has 0 amide bonds. The molecule has 1 fully saturated rings. The van der Waals surface area contributed by atoms with Crippen LogP contribution in [0.25, 0.3) is 0 Å². The molecule has 1 saturated heterocycles. The highest BCUT2D eigenvalue weighted by Gasteiger charge is 2.18. The number of benzene rings is 1. The molecule has 1 aromatic carbocycles. The molecule has 4 nitrogen and oxygen atoms in total. The quantitative estimate of drug-likeness (QED) is 0.655. The molecule has 2 N–H and O–H groups in total. The molecule has 2 atom stereocenters. The second kappa shape index (κ2) is 6.57. The molecule has 0 radical (unpaired) electrons. The molecule has 1 aliphatic heterocycles. The number of esters is 1. The monoisotopic (exact) mass is 263 g/mol. The van der Waals surface area contributed by atoms with Crippen molar-refractivity contribution in [2.45, 2.75) is 38.2 Å². The van der Waals surface area contributed by atoms with Crippen LogP contribution in [-0.2, 0) is 14.3 Å². The highest BCUT2D eigenvalue weighted by atomic mass is 16.6. The van der Waals surface area contributed by atoms with Crippen LogP contribution in [0.3, 0.4) is 0 Å². The van der Waals surface area contributed by atoms with E-state index in [-0.39, 0.29) is 18.0 Å². The Morgan fingerprint density at radius 1 is 1.47 bits per heavy atom. The van der Waals surface area contributed by atoms with Crippen LogP contribution in [0.2, 0.25) is 0 Å². The number of nitrogens with two attached hydrogens (primary N) is 1. The van der Waals surface area contributed by atoms with Crippen LogP contribution in [-0.4, -0.2) is 25.3 Å². The summed E-state index contributed by atoms with van der Waals surface area (Å²) in [4.78, 5) is 11.7. The highest BCUT2D eigenvalue weighted by Crippen LogP contribution is 2.21. The van der Waals surface area contributed by atoms with Crippen molar-refractivity contribution < 1.29 is 14.3 Å². The van der Waals surface area contributed by atoms with Gasteiger partial charge in [0, 0.05) is 12.3 Å². The zero-order valence-corrected chi connectivity index (χ0v) is 11.3. The Labute approximate surface area is 113 Å². The van der Waals surface area contributed by atoms with E-state index in [1.165, 1.54) is 0 Å². The lowest BCUT2D eigenvalue weighted by atomic mass is 9.98. The van der Waals surface area contributed by atoms with Gasteiger partial charge in [-0.1, -0.05) is 19.1 Å². The fraction of sp³-hybridized carbons (Fsp3) is 0.533. The molecule has 1 aromatic rings. The van der Waals surface area contributed by atoms with Crippen molar-refractivity contribution in [3.8, 4) is 0 Å². The Hall–Kier alpha value is -1.55. The average molecular weight is 263 g/mol. The van der Waals surface area contributed by atoms with Gasteiger partial charge in [-0.05, 0) is 36.5 Å². The van der Waals surface area contributed by atoms with Gasteiger partial charge in [0.1, 0.15) is 6.61 Å². The van der Waals surface area contributed by atoms with Crippen LogP contribution in [0.1, 0.15) is 37.7 Å². The summed E-state index contributed by atoms with van der Waals surface area (Å²) in [5, 5.41) is 0. The third-order valence-corrected chi connectivity index (χ3v) is 3.43. The van der Waals surface area contributed by atoms with Crippen molar-refractivity contribution in [2.24, 2.45) is 0 Å². The smallest absolute Gasteiger partial charge is 0.306 e. The fourth-order valence-corrected chi connectivity index (χ4v) is 2.21. The Bertz CT molecular complexity index is 410. The molecular weight excluding hydrogens is 242 g/mol. The van der Waals surface area contributed by atoms with Gasteiger partial charge in [0.15, 0.2) is 0 Å². The normalized spacial score (nSPS) is 20.2. The van der Waals surface area contributed by atoms with E-state index in [2.05, 4.69) is 0 Å². The largest absolute Gasteiger partial charge is 0.463 e. The summed E-state index contributed by atoms with van der Waals surface area (Å²) in [6.45, 7) is 3.18. The van der Waals surface area contributed by atoms with Crippen LogP contribution >= 0.6 is 0 Å². The molecule has 0 bridgehead atoms. The Balaban J connectivity index is 1.76. The third kappa shape index (κ3) is 4.24. The van der Waals surface area contributed by atoms with Gasteiger partial charge < -0.3 is 15.2 Å². The topological polar surface area (TPSA) is 61.5 Å². The summed E-state index contributed by atoms with van der Waals surface area (Å²) in [6.07, 6.45) is 2.53. The summed E-state index contributed by atoms with van der Waals surface area (Å²) in [5.41, 5.74) is 7.47. The van der Waals surface area contributed by atoms with Crippen molar-refractivity contribution in [3.63, 3.8) is 0 Å². The summed E-state index contributed by atoms with van der Waals surface area (Å²) in [6, 6.07) is 7.60. The zero-order valence-electron chi connectivity index (χ0n) is 11.3. The predicted molar refractivity (Wildman–Crippen MR) is 73.8 cm³/mol. The second-order valence-corrected chi connectivity index (χ2v) is 5.09. The molecule has 1 aliphatic rings. The zero-order chi connectivity index (χ0) is 13.7. The maximum atomic E-state index is 11.7. The average Bonchev–Trinajstić information content (AvgIpc) is 2.90. The number of carbonyl (C=O) groups is 1. The van der Waals surface area contributed by atoms with Crippen molar-refractivity contribution in [3.05, 3.63) is 29.8 Å². The molecule has 0 aromatic heterocycles. The number of hydrogen-bond acceptors (Lipinski definition) is 4. The molecule has 0 aliphatic carbocycles. The summed E-state index contributed by atoms with van der Waals surface area (Å²) < 4.78 is 10.7. The van der Waals surface area contributed by atoms with Gasteiger partial charge in [-0.15, -0.1) is 0 Å². The van der Waals surface area contributed by atoms with E-state index in [0.29, 0.717) is 13.0 Å². The maximum Gasteiger partial charge on any atom is 0.306 e. The van der Waals surface area contributed by atoms with Gasteiger partial charge in [0.05, 0.1) is 12.5 Å². The Morgan fingerprint density at radius 2 is 2.21 bits per heavy atom. The molecular formula is C15H21NO3. The van der Waals surface area contributed by atoms with E-state index < -0.39 is 0 Å². The molecule has 2 rings (SSSR count). The third-order valence-electron chi connectivity index (χ3n) is 3.43. The molecule has 2 unspecified atom stereocenters. The van der Waals surface area contributed by atoms with Crippen molar-refractivity contribution >= 4 is 11.7 Å². The van der Waals surface area contributed by atoms with Gasteiger partial charge in [-0.3, -0.25) is 4.79 Å². The first-order valence-corrected chi connectivity index (χ1v) is 6.78. The van der Waals surface area contributed by atoms with Crippen LogP contribution in [0, 0.1) is 0 Å². The van der Waals surface area contributed by atoms with E-state index in [9.17, 15) is 4.79 Å². The second-order valence-electron chi connectivity index (χ2n) is 5.09. The van der Waals surface area contributed by atoms with E-state index in [4.69, 9.17) is 15.2 Å². The van der Waals surface area contributed by atoms with Crippen molar-refractivity contribution in [1.29, 1.82) is 0 Å². The predicted octanol–water partition coefficient (Wildman–Crippen LogP) is 2.48. The summed E-state index contributed by atoms with van der Waals surface area (Å²) in [5.74, 6) is -0.0302. The first kappa shape index (κ1) is 13.9. The van der Waals surface area contributed by atoms with E-state index in [1.807, 2.05) is 31.2 Å². The van der Waals surface area contributed by atoms with Crippen LogP contribution in [0.5, 0.6) is 0 Å². The first-order valence-electron chi connectivity index (χ1n) is 6.78. The summed E-state index contributed by atoms with van der Waals surface area (Å²) in [7, 11) is 0. The van der Waals surface area contributed by atoms with Crippen LogP contribution in [0.15, 0.2) is 24.3 Å². The molecule has 4 heteroatoms. The summed E-state index contributed by atoms with van der Waals surface area (Å²) >= 11 is 0. The molecule has 0 spiro atoms. The number of rotatable bonds is 5. The molecule has 0 saturated carbocycles. The number of nitrogen functional groups attached to an aromatic ring is 1. The highest BCUT2D eigenvalue weighted by molar-refractivity contribution is 5.70. The maximum absolute atomic E-state index is 11.7. The van der Waals surface area contributed by atoms with Crippen LogP contribution in [0.4, 0.5) is 5.69 Å². The fourth-order valence-electron chi connectivity index (χ4n) is 2.21. The van der Waals surface area contributed by atoms with E-state index >= 15 is 0 Å².